The van der Waals surface area contributed by atoms with Crippen molar-refractivity contribution in [3.63, 3.8) is 0 Å². The van der Waals surface area contributed by atoms with Crippen molar-refractivity contribution in [2.24, 2.45) is 0 Å². The molecule has 0 heterocycles. The van der Waals surface area contributed by atoms with E-state index in [9.17, 15) is 14.4 Å². The first kappa shape index (κ1) is 76.3. The van der Waals surface area contributed by atoms with E-state index >= 15 is 0 Å². The highest BCUT2D eigenvalue weighted by Gasteiger charge is 2.19. The molecule has 0 saturated carbocycles. The Kier molecular flexibility index (Phi) is 64.7. The lowest BCUT2D eigenvalue weighted by Crippen LogP contribution is -2.30. The number of esters is 3. The minimum absolute atomic E-state index is 0.0771. The van der Waals surface area contributed by atoms with Crippen molar-refractivity contribution in [2.45, 2.75) is 341 Å². The second-order valence-electron chi connectivity index (χ2n) is 22.7. The molecule has 0 aliphatic heterocycles. The summed E-state index contributed by atoms with van der Waals surface area (Å²) in [6, 6.07) is 0. The number of ether oxygens (including phenoxy) is 3. The molecule has 0 radical (unpaired) electrons. The van der Waals surface area contributed by atoms with E-state index in [0.717, 1.165) is 109 Å². The summed E-state index contributed by atoms with van der Waals surface area (Å²) in [5.41, 5.74) is 0. The number of hydrogen-bond donors (Lipinski definition) is 0. The molecule has 0 N–H and O–H groups in total. The molecule has 0 bridgehead atoms. The van der Waals surface area contributed by atoms with E-state index in [0.29, 0.717) is 19.3 Å². The first-order chi connectivity index (χ1) is 39.5. The van der Waals surface area contributed by atoms with E-state index in [1.165, 1.54) is 186 Å². The summed E-state index contributed by atoms with van der Waals surface area (Å²) in [6.07, 6.45) is 91.4. The van der Waals surface area contributed by atoms with Gasteiger partial charge >= 0.3 is 17.9 Å². The quantitative estimate of drug-likeness (QED) is 0.0261. The van der Waals surface area contributed by atoms with Gasteiger partial charge in [-0.25, -0.2) is 0 Å². The van der Waals surface area contributed by atoms with Gasteiger partial charge in [-0.3, -0.25) is 14.4 Å². The number of allylic oxidation sites excluding steroid dienone is 16. The monoisotopic (exact) mass is 1110 g/mol. The molecule has 0 spiro atoms. The largest absolute Gasteiger partial charge is 0.462 e. The van der Waals surface area contributed by atoms with Gasteiger partial charge in [0, 0.05) is 19.3 Å². The summed E-state index contributed by atoms with van der Waals surface area (Å²) in [5, 5.41) is 0. The van der Waals surface area contributed by atoms with Crippen LogP contribution in [-0.2, 0) is 28.6 Å². The molecule has 0 fully saturated rings. The van der Waals surface area contributed by atoms with Crippen molar-refractivity contribution in [3.05, 3.63) is 97.2 Å². The van der Waals surface area contributed by atoms with Crippen LogP contribution in [0.2, 0.25) is 0 Å². The van der Waals surface area contributed by atoms with Gasteiger partial charge in [-0.15, -0.1) is 0 Å². The average Bonchev–Trinajstić information content (AvgIpc) is 3.46. The van der Waals surface area contributed by atoms with Crippen molar-refractivity contribution in [1.29, 1.82) is 0 Å². The van der Waals surface area contributed by atoms with E-state index in [2.05, 4.69) is 118 Å². The smallest absolute Gasteiger partial charge is 0.306 e. The van der Waals surface area contributed by atoms with Gasteiger partial charge < -0.3 is 14.2 Å². The number of unbranched alkanes of at least 4 members (excludes halogenated alkanes) is 35. The van der Waals surface area contributed by atoms with Crippen molar-refractivity contribution >= 4 is 17.9 Å². The maximum atomic E-state index is 12.9. The van der Waals surface area contributed by atoms with Crippen LogP contribution in [0, 0.1) is 0 Å². The predicted octanol–water partition coefficient (Wildman–Crippen LogP) is 23.6. The van der Waals surface area contributed by atoms with Crippen molar-refractivity contribution in [2.75, 3.05) is 13.2 Å². The lowest BCUT2D eigenvalue weighted by atomic mass is 10.0. The first-order valence-electron chi connectivity index (χ1n) is 34.2. The summed E-state index contributed by atoms with van der Waals surface area (Å²) in [6.45, 7) is 6.53. The second-order valence-corrected chi connectivity index (χ2v) is 22.7. The summed E-state index contributed by atoms with van der Waals surface area (Å²) in [5.74, 6) is -0.875. The molecule has 6 heteroatoms. The van der Waals surface area contributed by atoms with Crippen molar-refractivity contribution in [1.82, 2.24) is 0 Å². The third-order valence-electron chi connectivity index (χ3n) is 14.8. The molecule has 80 heavy (non-hydrogen) atoms. The van der Waals surface area contributed by atoms with Gasteiger partial charge in [0.2, 0.25) is 0 Å². The fraction of sp³-hybridized carbons (Fsp3) is 0.743. The third kappa shape index (κ3) is 65.1. The minimum atomic E-state index is -0.781. The number of rotatable bonds is 62. The van der Waals surface area contributed by atoms with Gasteiger partial charge in [0.1, 0.15) is 13.2 Å². The van der Waals surface area contributed by atoms with Crippen LogP contribution in [0.25, 0.3) is 0 Å². The Balaban J connectivity index is 4.24. The molecule has 1 atom stereocenters. The maximum Gasteiger partial charge on any atom is 0.306 e. The van der Waals surface area contributed by atoms with Crippen LogP contribution in [0.3, 0.4) is 0 Å². The molecule has 0 aromatic rings. The average molecular weight is 1110 g/mol. The topological polar surface area (TPSA) is 78.9 Å². The van der Waals surface area contributed by atoms with E-state index in [4.69, 9.17) is 14.2 Å². The first-order valence-corrected chi connectivity index (χ1v) is 34.2. The molecular formula is C74H128O6. The molecule has 0 amide bonds. The molecule has 1 unspecified atom stereocenters. The van der Waals surface area contributed by atoms with Crippen LogP contribution >= 0.6 is 0 Å². The van der Waals surface area contributed by atoms with Crippen LogP contribution in [0.5, 0.6) is 0 Å². The Morgan fingerprint density at radius 3 is 0.762 bits per heavy atom. The molecule has 0 aromatic heterocycles. The Hall–Kier alpha value is -3.67. The van der Waals surface area contributed by atoms with Crippen LogP contribution in [0.15, 0.2) is 97.2 Å². The zero-order valence-electron chi connectivity index (χ0n) is 52.8. The highest BCUT2D eigenvalue weighted by Crippen LogP contribution is 2.17. The summed E-state index contributed by atoms with van der Waals surface area (Å²) >= 11 is 0. The second kappa shape index (κ2) is 67.8. The summed E-state index contributed by atoms with van der Waals surface area (Å²) < 4.78 is 16.9. The van der Waals surface area contributed by atoms with Gasteiger partial charge in [0.15, 0.2) is 6.10 Å². The van der Waals surface area contributed by atoms with Crippen LogP contribution in [-0.4, -0.2) is 37.2 Å². The molecule has 0 aliphatic carbocycles. The zero-order chi connectivity index (χ0) is 57.8. The van der Waals surface area contributed by atoms with E-state index in [1.54, 1.807) is 0 Å². The normalized spacial score (nSPS) is 12.7. The number of carbonyl (C=O) groups excluding carboxylic acids is 3. The van der Waals surface area contributed by atoms with E-state index < -0.39 is 6.10 Å². The molecule has 0 aromatic carbocycles. The molecule has 0 saturated heterocycles. The zero-order valence-corrected chi connectivity index (χ0v) is 52.8. The number of hydrogen-bond acceptors (Lipinski definition) is 6. The van der Waals surface area contributed by atoms with E-state index in [-0.39, 0.29) is 31.1 Å². The molecule has 0 rings (SSSR count). The lowest BCUT2D eigenvalue weighted by Gasteiger charge is -2.18. The highest BCUT2D eigenvalue weighted by atomic mass is 16.6. The molecule has 6 nitrogen and oxygen atoms in total. The van der Waals surface area contributed by atoms with Crippen LogP contribution in [0.4, 0.5) is 0 Å². The van der Waals surface area contributed by atoms with Crippen molar-refractivity contribution in [3.8, 4) is 0 Å². The fourth-order valence-electron chi connectivity index (χ4n) is 9.71. The van der Waals surface area contributed by atoms with Gasteiger partial charge in [-0.05, 0) is 103 Å². The van der Waals surface area contributed by atoms with Crippen molar-refractivity contribution < 1.29 is 28.6 Å². The standard InChI is InChI=1S/C74H128O6/c1-4-7-10-13-16-19-22-24-26-28-30-32-34-36-37-39-40-42-44-46-48-50-52-55-58-61-64-67-73(76)79-70-71(69-78-72(75)66-63-60-57-54-21-18-15-12-9-6-3)80-74(77)68-65-62-59-56-53-51-49-47-45-43-41-38-35-33-31-29-27-25-23-20-17-14-11-8-5-2/h7,10,16,19,23-26,29-32,36-37,40,42,71H,4-6,8-9,11-15,17-18,20-22,27-28,33-35,38-39,41,43-70H2,1-3H3/b10-7-,19-16-,25-23-,26-24-,31-29-,32-30-,37-36-,42-40-. The molecular weight excluding hydrogens is 985 g/mol. The Labute approximate surface area is 496 Å². The highest BCUT2D eigenvalue weighted by molar-refractivity contribution is 5.71. The van der Waals surface area contributed by atoms with Crippen LogP contribution < -0.4 is 0 Å². The lowest BCUT2D eigenvalue weighted by molar-refractivity contribution is -0.167. The van der Waals surface area contributed by atoms with E-state index in [1.807, 2.05) is 0 Å². The Bertz CT molecular complexity index is 1560. The minimum Gasteiger partial charge on any atom is -0.462 e. The molecule has 460 valence electrons. The van der Waals surface area contributed by atoms with Gasteiger partial charge in [-0.2, -0.15) is 0 Å². The predicted molar refractivity (Wildman–Crippen MR) is 348 cm³/mol. The van der Waals surface area contributed by atoms with Gasteiger partial charge in [0.25, 0.3) is 0 Å². The third-order valence-corrected chi connectivity index (χ3v) is 14.8. The summed E-state index contributed by atoms with van der Waals surface area (Å²) in [7, 11) is 0. The summed E-state index contributed by atoms with van der Waals surface area (Å²) in [4.78, 5) is 38.3. The van der Waals surface area contributed by atoms with Gasteiger partial charge in [-0.1, -0.05) is 311 Å². The van der Waals surface area contributed by atoms with Crippen LogP contribution in [0.1, 0.15) is 335 Å². The Morgan fingerprint density at radius 2 is 0.487 bits per heavy atom. The van der Waals surface area contributed by atoms with Gasteiger partial charge in [0.05, 0.1) is 0 Å². The fourth-order valence-corrected chi connectivity index (χ4v) is 9.71. The molecule has 0 aliphatic rings. The Morgan fingerprint density at radius 1 is 0.263 bits per heavy atom. The SMILES string of the molecule is CC/C=C\C/C=C\C/C=C\C/C=C\C/C=C\C/C=C\CCCCCCCCCCC(=O)OCC(COC(=O)CCCCCCCCCCCC)OC(=O)CCCCCCCCCCCCCCC/C=C\C/C=C\CCCCCCC. The maximum absolute atomic E-state index is 12.9. The number of carbonyl (C=O) groups is 3.